The number of benzene rings is 1. The summed E-state index contributed by atoms with van der Waals surface area (Å²) in [4.78, 5) is 4.57. The molecule has 2 heterocycles. The van der Waals surface area contributed by atoms with Gasteiger partial charge in [0, 0.05) is 23.8 Å². The maximum Gasteiger partial charge on any atom is 0.177 e. The number of nitrogens with two attached hydrogens (primary N) is 1. The molecule has 1 atom stereocenters. The van der Waals surface area contributed by atoms with E-state index in [4.69, 9.17) is 5.73 Å². The molecule has 1 aliphatic rings. The molecule has 0 saturated carbocycles. The molecule has 3 rings (SSSR count). The summed E-state index contributed by atoms with van der Waals surface area (Å²) >= 11 is 3.48. The Morgan fingerprint density at radius 2 is 2.26 bits per heavy atom. The molecule has 1 aliphatic heterocycles. The molecule has 0 spiro atoms. The van der Waals surface area contributed by atoms with Gasteiger partial charge >= 0.3 is 0 Å². The van der Waals surface area contributed by atoms with Gasteiger partial charge in [-0.3, -0.25) is 0 Å². The van der Waals surface area contributed by atoms with E-state index in [0.29, 0.717) is 5.56 Å². The Hall–Kier alpha value is -1.20. The number of aryl methyl sites for hydroxylation is 1. The van der Waals surface area contributed by atoms with Gasteiger partial charge < -0.3 is 10.3 Å². The molecule has 0 bridgehead atoms. The summed E-state index contributed by atoms with van der Waals surface area (Å²) in [6, 6.07) is 5.31. The number of halogens is 2. The van der Waals surface area contributed by atoms with Crippen LogP contribution in [0.4, 0.5) is 4.39 Å². The molecule has 0 aliphatic carbocycles. The van der Waals surface area contributed by atoms with Crippen molar-refractivity contribution < 1.29 is 4.39 Å². The first-order valence-electron chi connectivity index (χ1n) is 6.33. The van der Waals surface area contributed by atoms with Gasteiger partial charge in [-0.25, -0.2) is 9.37 Å². The van der Waals surface area contributed by atoms with E-state index in [1.165, 1.54) is 11.8 Å². The molecule has 0 radical (unpaired) electrons. The highest BCUT2D eigenvalue weighted by atomic mass is 79.9. The van der Waals surface area contributed by atoms with Crippen molar-refractivity contribution in [1.82, 2.24) is 9.55 Å². The molecule has 2 N–H and O–H groups in total. The molecule has 2 aromatic rings. The van der Waals surface area contributed by atoms with Crippen molar-refractivity contribution in [3.05, 3.63) is 40.0 Å². The molecule has 3 nitrogen and oxygen atoms in total. The molecule has 0 saturated heterocycles. The monoisotopic (exact) mass is 323 g/mol. The standard InChI is InChI=1S/C14H15BrFN3/c1-8-6-9(2-4-11(8)16)13-12-5-3-10(17)7-19(12)14(15)18-13/h2,4,6,10H,3,5,7,17H2,1H3. The van der Waals surface area contributed by atoms with Crippen LogP contribution in [-0.2, 0) is 13.0 Å². The number of fused-ring (bicyclic) bond motifs is 1. The number of hydrogen-bond donors (Lipinski definition) is 1. The van der Waals surface area contributed by atoms with Crippen LogP contribution >= 0.6 is 15.9 Å². The predicted molar refractivity (Wildman–Crippen MR) is 76.4 cm³/mol. The maximum atomic E-state index is 13.4. The molecule has 0 amide bonds. The lowest BCUT2D eigenvalue weighted by molar-refractivity contribution is 0.455. The van der Waals surface area contributed by atoms with E-state index in [2.05, 4.69) is 25.5 Å². The lowest BCUT2D eigenvalue weighted by atomic mass is 10.0. The quantitative estimate of drug-likeness (QED) is 0.876. The minimum absolute atomic E-state index is 0.181. The normalized spacial score (nSPS) is 18.4. The Balaban J connectivity index is 2.11. The van der Waals surface area contributed by atoms with Gasteiger partial charge in [-0.2, -0.15) is 0 Å². The van der Waals surface area contributed by atoms with E-state index in [1.54, 1.807) is 13.0 Å². The van der Waals surface area contributed by atoms with Crippen LogP contribution in [0.2, 0.25) is 0 Å². The molecular weight excluding hydrogens is 309 g/mol. The van der Waals surface area contributed by atoms with Gasteiger partial charge in [0.25, 0.3) is 0 Å². The Morgan fingerprint density at radius 3 is 3.00 bits per heavy atom. The SMILES string of the molecule is Cc1cc(-c2nc(Br)n3c2CCC(N)C3)ccc1F. The third-order valence-corrected chi connectivity index (χ3v) is 4.23. The average Bonchev–Trinajstić information content (AvgIpc) is 2.70. The zero-order valence-corrected chi connectivity index (χ0v) is 12.2. The highest BCUT2D eigenvalue weighted by Gasteiger charge is 2.23. The number of imidazole rings is 1. The summed E-state index contributed by atoms with van der Waals surface area (Å²) in [6.45, 7) is 2.55. The van der Waals surface area contributed by atoms with Gasteiger partial charge in [0.05, 0.1) is 5.69 Å². The van der Waals surface area contributed by atoms with Crippen LogP contribution < -0.4 is 5.73 Å². The Morgan fingerprint density at radius 1 is 1.47 bits per heavy atom. The molecule has 1 aromatic heterocycles. The number of hydrogen-bond acceptors (Lipinski definition) is 2. The lowest BCUT2D eigenvalue weighted by Gasteiger charge is -2.22. The van der Waals surface area contributed by atoms with E-state index in [0.717, 1.165) is 35.4 Å². The minimum atomic E-state index is -0.182. The number of nitrogens with zero attached hydrogens (tertiary/aromatic N) is 2. The predicted octanol–water partition coefficient (Wildman–Crippen LogP) is 3.03. The number of rotatable bonds is 1. The fourth-order valence-electron chi connectivity index (χ4n) is 2.57. The van der Waals surface area contributed by atoms with E-state index >= 15 is 0 Å². The van der Waals surface area contributed by atoms with Crippen LogP contribution in [0, 0.1) is 12.7 Å². The summed E-state index contributed by atoms with van der Waals surface area (Å²) < 4.78 is 16.3. The maximum absolute atomic E-state index is 13.4. The van der Waals surface area contributed by atoms with Gasteiger partial charge in [0.2, 0.25) is 0 Å². The Kier molecular flexibility index (Phi) is 3.19. The van der Waals surface area contributed by atoms with Gasteiger partial charge in [0.15, 0.2) is 4.73 Å². The third kappa shape index (κ3) is 2.21. The summed E-state index contributed by atoms with van der Waals surface area (Å²) in [6.07, 6.45) is 1.87. The molecular formula is C14H15BrFN3. The van der Waals surface area contributed by atoms with Gasteiger partial charge in [-0.05, 0) is 59.5 Å². The summed E-state index contributed by atoms with van der Waals surface area (Å²) in [5.41, 5.74) is 9.71. The zero-order chi connectivity index (χ0) is 13.6. The van der Waals surface area contributed by atoms with Gasteiger partial charge in [-0.1, -0.05) is 0 Å². The molecule has 19 heavy (non-hydrogen) atoms. The van der Waals surface area contributed by atoms with Crippen molar-refractivity contribution in [3.63, 3.8) is 0 Å². The lowest BCUT2D eigenvalue weighted by Crippen LogP contribution is -2.31. The molecule has 1 unspecified atom stereocenters. The van der Waals surface area contributed by atoms with Crippen LogP contribution in [0.25, 0.3) is 11.3 Å². The second-order valence-corrected chi connectivity index (χ2v) is 5.76. The van der Waals surface area contributed by atoms with E-state index < -0.39 is 0 Å². The van der Waals surface area contributed by atoms with E-state index in [-0.39, 0.29) is 11.9 Å². The number of aromatic nitrogens is 2. The van der Waals surface area contributed by atoms with Crippen molar-refractivity contribution in [2.75, 3.05) is 0 Å². The summed E-state index contributed by atoms with van der Waals surface area (Å²) in [5.74, 6) is -0.182. The topological polar surface area (TPSA) is 43.8 Å². The highest BCUT2D eigenvalue weighted by molar-refractivity contribution is 9.10. The molecule has 100 valence electrons. The van der Waals surface area contributed by atoms with Crippen LogP contribution in [-0.4, -0.2) is 15.6 Å². The van der Waals surface area contributed by atoms with Gasteiger partial charge in [0.1, 0.15) is 5.82 Å². The fourth-order valence-corrected chi connectivity index (χ4v) is 3.10. The van der Waals surface area contributed by atoms with E-state index in [1.807, 2.05) is 6.07 Å². The minimum Gasteiger partial charge on any atom is -0.326 e. The smallest absolute Gasteiger partial charge is 0.177 e. The largest absolute Gasteiger partial charge is 0.326 e. The van der Waals surface area contributed by atoms with Crippen LogP contribution in [0.1, 0.15) is 17.7 Å². The zero-order valence-electron chi connectivity index (χ0n) is 10.7. The molecule has 1 aromatic carbocycles. The second kappa shape index (κ2) is 4.72. The summed E-state index contributed by atoms with van der Waals surface area (Å²) in [7, 11) is 0. The first-order chi connectivity index (χ1) is 9.06. The summed E-state index contributed by atoms with van der Waals surface area (Å²) in [5, 5.41) is 0. The van der Waals surface area contributed by atoms with Crippen molar-refractivity contribution in [2.24, 2.45) is 5.73 Å². The van der Waals surface area contributed by atoms with Crippen molar-refractivity contribution in [3.8, 4) is 11.3 Å². The third-order valence-electron chi connectivity index (χ3n) is 3.63. The first-order valence-corrected chi connectivity index (χ1v) is 7.12. The van der Waals surface area contributed by atoms with Crippen molar-refractivity contribution in [2.45, 2.75) is 32.4 Å². The molecule has 5 heteroatoms. The van der Waals surface area contributed by atoms with Crippen LogP contribution in [0.3, 0.4) is 0 Å². The molecule has 0 fully saturated rings. The fraction of sp³-hybridized carbons (Fsp3) is 0.357. The second-order valence-electron chi connectivity index (χ2n) is 5.05. The first kappa shape index (κ1) is 12.8. The Bertz CT molecular complexity index is 636. The van der Waals surface area contributed by atoms with E-state index in [9.17, 15) is 4.39 Å². The highest BCUT2D eigenvalue weighted by Crippen LogP contribution is 2.31. The van der Waals surface area contributed by atoms with Gasteiger partial charge in [-0.15, -0.1) is 0 Å². The Labute approximate surface area is 119 Å². The average molecular weight is 324 g/mol. The van der Waals surface area contributed by atoms with Crippen LogP contribution in [0.5, 0.6) is 0 Å². The van der Waals surface area contributed by atoms with Crippen molar-refractivity contribution in [1.29, 1.82) is 0 Å². The van der Waals surface area contributed by atoms with Crippen LogP contribution in [0.15, 0.2) is 22.9 Å². The van der Waals surface area contributed by atoms with Crippen molar-refractivity contribution >= 4 is 15.9 Å².